The van der Waals surface area contributed by atoms with E-state index in [4.69, 9.17) is 4.74 Å². The van der Waals surface area contributed by atoms with E-state index < -0.39 is 11.5 Å². The van der Waals surface area contributed by atoms with Crippen LogP contribution in [-0.2, 0) is 14.3 Å². The lowest BCUT2D eigenvalue weighted by atomic mass is 9.85. The number of likely N-dealkylation sites (N-methyl/N-ethyl adjacent to an activating group) is 1. The molecule has 0 aromatic carbocycles. The molecule has 0 aromatic heterocycles. The van der Waals surface area contributed by atoms with Crippen molar-refractivity contribution in [2.24, 2.45) is 0 Å². The Kier molecular flexibility index (Phi) is 3.68. The molecule has 1 aliphatic heterocycles. The van der Waals surface area contributed by atoms with Crippen molar-refractivity contribution < 1.29 is 19.4 Å². The van der Waals surface area contributed by atoms with Gasteiger partial charge < -0.3 is 14.7 Å². The number of carbonyl (C=O) groups is 2. The van der Waals surface area contributed by atoms with E-state index in [1.807, 2.05) is 6.92 Å². The Morgan fingerprint density at radius 2 is 2.40 bits per heavy atom. The predicted molar refractivity (Wildman–Crippen MR) is 53.5 cm³/mol. The van der Waals surface area contributed by atoms with Crippen LogP contribution < -0.4 is 0 Å². The molecule has 1 aliphatic rings. The molecule has 0 bridgehead atoms. The van der Waals surface area contributed by atoms with Crippen molar-refractivity contribution in [2.45, 2.75) is 38.3 Å². The average Bonchev–Trinajstić information content (AvgIpc) is 2.19. The molecule has 1 amide bonds. The van der Waals surface area contributed by atoms with Gasteiger partial charge in [-0.15, -0.1) is 0 Å². The summed E-state index contributed by atoms with van der Waals surface area (Å²) in [5.74, 6) is -0.938. The number of nitrogens with zero attached hydrogens (tertiary/aromatic N) is 1. The molecule has 1 N–H and O–H groups in total. The second-order valence-electron chi connectivity index (χ2n) is 3.86. The first kappa shape index (κ1) is 12.0. The number of carbonyl (C=O) groups excluding carboxylic acids is 1. The van der Waals surface area contributed by atoms with Gasteiger partial charge in [-0.2, -0.15) is 0 Å². The maximum atomic E-state index is 11.3. The normalized spacial score (nSPS) is 30.9. The van der Waals surface area contributed by atoms with Gasteiger partial charge in [0, 0.05) is 26.0 Å². The van der Waals surface area contributed by atoms with Gasteiger partial charge in [0.1, 0.15) is 5.54 Å². The fourth-order valence-corrected chi connectivity index (χ4v) is 2.12. The number of rotatable bonds is 4. The van der Waals surface area contributed by atoms with Crippen molar-refractivity contribution in [1.82, 2.24) is 4.90 Å². The van der Waals surface area contributed by atoms with Crippen LogP contribution >= 0.6 is 0 Å². The Morgan fingerprint density at radius 3 is 2.80 bits per heavy atom. The number of carboxylic acids is 1. The van der Waals surface area contributed by atoms with Gasteiger partial charge in [0.2, 0.25) is 6.41 Å². The number of aliphatic carboxylic acids is 1. The minimum atomic E-state index is -1.08. The molecule has 5 nitrogen and oxygen atoms in total. The smallest absolute Gasteiger partial charge is 0.329 e. The lowest BCUT2D eigenvalue weighted by Crippen LogP contribution is -2.58. The van der Waals surface area contributed by atoms with E-state index in [0.29, 0.717) is 32.4 Å². The molecule has 1 fully saturated rings. The van der Waals surface area contributed by atoms with Crippen molar-refractivity contribution in [1.29, 1.82) is 0 Å². The molecule has 86 valence electrons. The van der Waals surface area contributed by atoms with E-state index in [9.17, 15) is 14.7 Å². The molecular weight excluding hydrogens is 198 g/mol. The highest BCUT2D eigenvalue weighted by molar-refractivity contribution is 5.81. The summed E-state index contributed by atoms with van der Waals surface area (Å²) in [4.78, 5) is 23.6. The zero-order chi connectivity index (χ0) is 11.5. The van der Waals surface area contributed by atoms with Crippen LogP contribution in [0.2, 0.25) is 0 Å². The van der Waals surface area contributed by atoms with Gasteiger partial charge in [0.25, 0.3) is 0 Å². The van der Waals surface area contributed by atoms with Gasteiger partial charge in [0.15, 0.2) is 0 Å². The second kappa shape index (κ2) is 4.61. The number of amides is 1. The van der Waals surface area contributed by atoms with Crippen molar-refractivity contribution in [3.05, 3.63) is 0 Å². The second-order valence-corrected chi connectivity index (χ2v) is 3.86. The third kappa shape index (κ3) is 2.12. The molecule has 0 radical (unpaired) electrons. The topological polar surface area (TPSA) is 66.8 Å². The molecule has 2 atom stereocenters. The first-order chi connectivity index (χ1) is 7.06. The van der Waals surface area contributed by atoms with Crippen molar-refractivity contribution >= 4 is 12.4 Å². The first-order valence-electron chi connectivity index (χ1n) is 5.14. The summed E-state index contributed by atoms with van der Waals surface area (Å²) in [5.41, 5.74) is -1.08. The largest absolute Gasteiger partial charge is 0.479 e. The highest BCUT2D eigenvalue weighted by Gasteiger charge is 2.46. The Balaban J connectivity index is 2.95. The highest BCUT2D eigenvalue weighted by atomic mass is 16.5. The minimum absolute atomic E-state index is 0.121. The molecule has 0 spiro atoms. The van der Waals surface area contributed by atoms with Crippen LogP contribution in [0.5, 0.6) is 0 Å². The lowest BCUT2D eigenvalue weighted by Gasteiger charge is -2.42. The van der Waals surface area contributed by atoms with E-state index >= 15 is 0 Å². The summed E-state index contributed by atoms with van der Waals surface area (Å²) < 4.78 is 5.32. The monoisotopic (exact) mass is 215 g/mol. The molecule has 5 heteroatoms. The van der Waals surface area contributed by atoms with Crippen LogP contribution in [0.3, 0.4) is 0 Å². The Morgan fingerprint density at radius 1 is 1.73 bits per heavy atom. The Bertz CT molecular complexity index is 256. The SMILES string of the molecule is CCN(C=O)C1(C(=O)O)CCOC(C)C1. The minimum Gasteiger partial charge on any atom is -0.479 e. The van der Waals surface area contributed by atoms with E-state index in [-0.39, 0.29) is 6.10 Å². The quantitative estimate of drug-likeness (QED) is 0.693. The summed E-state index contributed by atoms with van der Waals surface area (Å²) in [6, 6.07) is 0. The zero-order valence-electron chi connectivity index (χ0n) is 9.10. The maximum Gasteiger partial charge on any atom is 0.329 e. The number of carboxylic acid groups (broad SMARTS) is 1. The van der Waals surface area contributed by atoms with Crippen molar-refractivity contribution in [2.75, 3.05) is 13.2 Å². The third-order valence-electron chi connectivity index (χ3n) is 2.96. The standard InChI is InChI=1S/C10H17NO4/c1-3-11(7-12)10(9(13)14)4-5-15-8(2)6-10/h7-8H,3-6H2,1-2H3,(H,13,14). The summed E-state index contributed by atoms with van der Waals surface area (Å²) in [5, 5.41) is 9.28. The molecular formula is C10H17NO4. The molecule has 0 saturated carbocycles. The van der Waals surface area contributed by atoms with Gasteiger partial charge in [-0.1, -0.05) is 0 Å². The van der Waals surface area contributed by atoms with Crippen LogP contribution in [0, 0.1) is 0 Å². The van der Waals surface area contributed by atoms with Gasteiger partial charge in [0.05, 0.1) is 6.10 Å². The fourth-order valence-electron chi connectivity index (χ4n) is 2.12. The predicted octanol–water partition coefficient (Wildman–Crippen LogP) is 0.487. The van der Waals surface area contributed by atoms with Crippen LogP contribution in [-0.4, -0.2) is 47.2 Å². The number of hydrogen-bond donors (Lipinski definition) is 1. The van der Waals surface area contributed by atoms with Gasteiger partial charge >= 0.3 is 5.97 Å². The van der Waals surface area contributed by atoms with Gasteiger partial charge in [-0.25, -0.2) is 4.79 Å². The summed E-state index contributed by atoms with van der Waals surface area (Å²) >= 11 is 0. The summed E-state index contributed by atoms with van der Waals surface area (Å²) in [6.07, 6.45) is 1.21. The molecule has 0 aromatic rings. The maximum absolute atomic E-state index is 11.3. The van der Waals surface area contributed by atoms with Crippen LogP contribution in [0.15, 0.2) is 0 Å². The van der Waals surface area contributed by atoms with Gasteiger partial charge in [-0.3, -0.25) is 4.79 Å². The van der Waals surface area contributed by atoms with Gasteiger partial charge in [-0.05, 0) is 13.8 Å². The van der Waals surface area contributed by atoms with Crippen LogP contribution in [0.25, 0.3) is 0 Å². The van der Waals surface area contributed by atoms with E-state index in [1.54, 1.807) is 6.92 Å². The highest BCUT2D eigenvalue weighted by Crippen LogP contribution is 2.30. The zero-order valence-corrected chi connectivity index (χ0v) is 9.10. The molecule has 1 saturated heterocycles. The van der Waals surface area contributed by atoms with E-state index in [2.05, 4.69) is 0 Å². The van der Waals surface area contributed by atoms with E-state index in [1.165, 1.54) is 4.90 Å². The average molecular weight is 215 g/mol. The first-order valence-corrected chi connectivity index (χ1v) is 5.14. The van der Waals surface area contributed by atoms with Crippen molar-refractivity contribution in [3.63, 3.8) is 0 Å². The third-order valence-corrected chi connectivity index (χ3v) is 2.96. The fraction of sp³-hybridized carbons (Fsp3) is 0.800. The Hall–Kier alpha value is -1.10. The molecule has 2 unspecified atom stereocenters. The number of ether oxygens (including phenoxy) is 1. The molecule has 1 heterocycles. The molecule has 1 rings (SSSR count). The van der Waals surface area contributed by atoms with E-state index in [0.717, 1.165) is 0 Å². The van der Waals surface area contributed by atoms with Crippen LogP contribution in [0.1, 0.15) is 26.7 Å². The number of hydrogen-bond acceptors (Lipinski definition) is 3. The molecule has 0 aliphatic carbocycles. The summed E-state index contributed by atoms with van der Waals surface area (Å²) in [7, 11) is 0. The molecule has 15 heavy (non-hydrogen) atoms. The summed E-state index contributed by atoms with van der Waals surface area (Å²) in [6.45, 7) is 4.40. The van der Waals surface area contributed by atoms with Crippen LogP contribution in [0.4, 0.5) is 0 Å². The Labute approximate surface area is 89.0 Å². The van der Waals surface area contributed by atoms with Crippen molar-refractivity contribution in [3.8, 4) is 0 Å². The lowest BCUT2D eigenvalue weighted by molar-refractivity contribution is -0.165.